The van der Waals surface area contributed by atoms with Crippen LogP contribution in [0.4, 0.5) is 0 Å². The number of halogens is 1. The molecule has 160 valence electrons. The minimum Gasteiger partial charge on any atom is -0.356 e. The number of piperazine rings is 1. The van der Waals surface area contributed by atoms with Gasteiger partial charge in [0.25, 0.3) is 0 Å². The Kier molecular flexibility index (Phi) is 10.3. The van der Waals surface area contributed by atoms with Crippen molar-refractivity contribution < 1.29 is 8.42 Å². The zero-order chi connectivity index (χ0) is 19.2. The SMILES string of the molecule is CCN1CCN(CCCCNC(=NC)N2CCS(=O)(=O)C(C)(C)C2)CC1.I. The molecule has 2 aliphatic heterocycles. The van der Waals surface area contributed by atoms with Crippen LogP contribution in [0.25, 0.3) is 0 Å². The zero-order valence-electron chi connectivity index (χ0n) is 17.4. The van der Waals surface area contributed by atoms with Gasteiger partial charge in [0.05, 0.1) is 10.5 Å². The Morgan fingerprint density at radius 2 is 1.70 bits per heavy atom. The second-order valence-corrected chi connectivity index (χ2v) is 10.7. The average Bonchev–Trinajstić information content (AvgIpc) is 2.61. The van der Waals surface area contributed by atoms with E-state index in [1.807, 2.05) is 0 Å². The molecule has 1 N–H and O–H groups in total. The number of unbranched alkanes of at least 4 members (excludes halogenated alkanes) is 1. The van der Waals surface area contributed by atoms with E-state index in [0.29, 0.717) is 13.1 Å². The summed E-state index contributed by atoms with van der Waals surface area (Å²) in [5.74, 6) is 1.02. The zero-order valence-corrected chi connectivity index (χ0v) is 20.6. The van der Waals surface area contributed by atoms with E-state index in [2.05, 4.69) is 31.9 Å². The van der Waals surface area contributed by atoms with Gasteiger partial charge in [0, 0.05) is 52.9 Å². The van der Waals surface area contributed by atoms with E-state index in [0.717, 1.165) is 32.0 Å². The van der Waals surface area contributed by atoms with Crippen molar-refractivity contribution in [2.75, 3.05) is 71.7 Å². The number of sulfone groups is 1. The summed E-state index contributed by atoms with van der Waals surface area (Å²) in [6.07, 6.45) is 2.28. The Hall–Kier alpha value is -0.130. The van der Waals surface area contributed by atoms with Gasteiger partial charge in [-0.1, -0.05) is 6.92 Å². The number of aliphatic imine (C=N–C) groups is 1. The van der Waals surface area contributed by atoms with Gasteiger partial charge in [-0.25, -0.2) is 8.42 Å². The first-order valence-corrected chi connectivity index (χ1v) is 11.6. The third-order valence-corrected chi connectivity index (χ3v) is 8.18. The summed E-state index contributed by atoms with van der Waals surface area (Å²) in [5.41, 5.74) is 0. The van der Waals surface area contributed by atoms with Crippen molar-refractivity contribution in [1.29, 1.82) is 0 Å². The number of nitrogens with one attached hydrogen (secondary N) is 1. The molecule has 0 atom stereocenters. The number of rotatable bonds is 6. The molecule has 9 heteroatoms. The van der Waals surface area contributed by atoms with Gasteiger partial charge in [0.2, 0.25) is 0 Å². The third kappa shape index (κ3) is 7.01. The van der Waals surface area contributed by atoms with Gasteiger partial charge < -0.3 is 20.0 Å². The van der Waals surface area contributed by atoms with Crippen molar-refractivity contribution in [2.45, 2.75) is 38.4 Å². The van der Waals surface area contributed by atoms with E-state index in [9.17, 15) is 8.42 Å². The second-order valence-electron chi connectivity index (χ2n) is 7.96. The molecule has 27 heavy (non-hydrogen) atoms. The van der Waals surface area contributed by atoms with Crippen LogP contribution >= 0.6 is 24.0 Å². The summed E-state index contributed by atoms with van der Waals surface area (Å²) in [6, 6.07) is 0. The monoisotopic (exact) mass is 515 g/mol. The predicted molar refractivity (Wildman–Crippen MR) is 124 cm³/mol. The summed E-state index contributed by atoms with van der Waals surface area (Å²) < 4.78 is 23.6. The Morgan fingerprint density at radius 3 is 2.26 bits per heavy atom. The molecule has 2 saturated heterocycles. The lowest BCUT2D eigenvalue weighted by molar-refractivity contribution is 0.136. The van der Waals surface area contributed by atoms with Crippen LogP contribution in [0.3, 0.4) is 0 Å². The molecule has 0 aromatic heterocycles. The quantitative estimate of drug-likeness (QED) is 0.248. The van der Waals surface area contributed by atoms with Crippen molar-refractivity contribution in [1.82, 2.24) is 20.0 Å². The molecule has 2 fully saturated rings. The summed E-state index contributed by atoms with van der Waals surface area (Å²) >= 11 is 0. The molecule has 0 saturated carbocycles. The molecule has 2 heterocycles. The van der Waals surface area contributed by atoms with E-state index in [4.69, 9.17) is 0 Å². The number of nitrogens with zero attached hydrogens (tertiary/aromatic N) is 4. The Labute approximate surface area is 182 Å². The Bertz CT molecular complexity index is 574. The van der Waals surface area contributed by atoms with Gasteiger partial charge in [-0.3, -0.25) is 4.99 Å². The van der Waals surface area contributed by atoms with Crippen LogP contribution in [-0.2, 0) is 9.84 Å². The van der Waals surface area contributed by atoms with Gasteiger partial charge in [-0.05, 0) is 39.8 Å². The molecule has 2 aliphatic rings. The van der Waals surface area contributed by atoms with E-state index in [-0.39, 0.29) is 29.7 Å². The topological polar surface area (TPSA) is 68.2 Å². The number of likely N-dealkylation sites (N-methyl/N-ethyl adjacent to an activating group) is 1. The molecule has 2 rings (SSSR count). The maximum absolute atomic E-state index is 12.2. The lowest BCUT2D eigenvalue weighted by Crippen LogP contribution is -2.57. The lowest BCUT2D eigenvalue weighted by Gasteiger charge is -2.39. The molecule has 0 aromatic rings. The molecule has 0 bridgehead atoms. The minimum atomic E-state index is -3.02. The van der Waals surface area contributed by atoms with E-state index in [1.54, 1.807) is 20.9 Å². The molecule has 7 nitrogen and oxygen atoms in total. The van der Waals surface area contributed by atoms with Gasteiger partial charge in [-0.15, -0.1) is 24.0 Å². The van der Waals surface area contributed by atoms with Crippen LogP contribution in [0.2, 0.25) is 0 Å². The second kappa shape index (κ2) is 11.2. The van der Waals surface area contributed by atoms with Crippen LogP contribution in [0.1, 0.15) is 33.6 Å². The number of guanidine groups is 1. The van der Waals surface area contributed by atoms with Crippen molar-refractivity contribution in [3.63, 3.8) is 0 Å². The molecular weight excluding hydrogens is 477 g/mol. The van der Waals surface area contributed by atoms with Crippen molar-refractivity contribution in [3.8, 4) is 0 Å². The maximum Gasteiger partial charge on any atom is 0.193 e. The Morgan fingerprint density at radius 1 is 1.07 bits per heavy atom. The molecule has 0 unspecified atom stereocenters. The largest absolute Gasteiger partial charge is 0.356 e. The minimum absolute atomic E-state index is 0. The highest BCUT2D eigenvalue weighted by atomic mass is 127. The first-order chi connectivity index (χ1) is 12.3. The highest BCUT2D eigenvalue weighted by Crippen LogP contribution is 2.23. The van der Waals surface area contributed by atoms with Crippen LogP contribution in [0.15, 0.2) is 4.99 Å². The van der Waals surface area contributed by atoms with Crippen molar-refractivity contribution >= 4 is 39.8 Å². The fourth-order valence-corrected chi connectivity index (χ4v) is 5.01. The van der Waals surface area contributed by atoms with E-state index in [1.165, 1.54) is 32.6 Å². The Balaban J connectivity index is 0.00000364. The van der Waals surface area contributed by atoms with Crippen LogP contribution in [0.5, 0.6) is 0 Å². The predicted octanol–water partition coefficient (Wildman–Crippen LogP) is 1.11. The molecule has 0 radical (unpaired) electrons. The first-order valence-electron chi connectivity index (χ1n) is 9.91. The fourth-order valence-electron chi connectivity index (χ4n) is 3.65. The van der Waals surface area contributed by atoms with Crippen molar-refractivity contribution in [2.24, 2.45) is 4.99 Å². The van der Waals surface area contributed by atoms with Gasteiger partial charge in [0.15, 0.2) is 15.8 Å². The summed E-state index contributed by atoms with van der Waals surface area (Å²) in [6.45, 7) is 14.8. The van der Waals surface area contributed by atoms with E-state index < -0.39 is 14.6 Å². The molecular formula is C18H38IN5O2S. The molecule has 0 amide bonds. The van der Waals surface area contributed by atoms with E-state index >= 15 is 0 Å². The number of hydrogen-bond donors (Lipinski definition) is 1. The smallest absolute Gasteiger partial charge is 0.193 e. The summed E-state index contributed by atoms with van der Waals surface area (Å²) in [5, 5.41) is 3.41. The highest BCUT2D eigenvalue weighted by molar-refractivity contribution is 14.0. The summed E-state index contributed by atoms with van der Waals surface area (Å²) in [7, 11) is -1.25. The molecule has 0 aromatic carbocycles. The average molecular weight is 516 g/mol. The van der Waals surface area contributed by atoms with Crippen LogP contribution in [0, 0.1) is 0 Å². The lowest BCUT2D eigenvalue weighted by atomic mass is 10.2. The van der Waals surface area contributed by atoms with Gasteiger partial charge in [-0.2, -0.15) is 0 Å². The first kappa shape index (κ1) is 24.9. The molecule has 0 aliphatic carbocycles. The summed E-state index contributed by atoms with van der Waals surface area (Å²) in [4.78, 5) is 11.5. The maximum atomic E-state index is 12.2. The van der Waals surface area contributed by atoms with Crippen molar-refractivity contribution in [3.05, 3.63) is 0 Å². The standard InChI is InChI=1S/C18H37N5O2S.HI/c1-5-21-10-12-22(13-11-21)9-7-6-8-20-17(19-4)23-14-15-26(24,25)18(2,3)16-23;/h5-16H2,1-4H3,(H,19,20);1H. The third-order valence-electron chi connectivity index (χ3n) is 5.65. The van der Waals surface area contributed by atoms with Crippen LogP contribution < -0.4 is 5.32 Å². The van der Waals surface area contributed by atoms with Crippen LogP contribution in [-0.4, -0.2) is 106 Å². The van der Waals surface area contributed by atoms with Gasteiger partial charge in [0.1, 0.15) is 0 Å². The van der Waals surface area contributed by atoms with Gasteiger partial charge >= 0.3 is 0 Å². The molecule has 0 spiro atoms. The highest BCUT2D eigenvalue weighted by Gasteiger charge is 2.40. The normalized spacial score (nSPS) is 23.7. The fraction of sp³-hybridized carbons (Fsp3) is 0.944. The number of hydrogen-bond acceptors (Lipinski definition) is 5.